The zero-order valence-corrected chi connectivity index (χ0v) is 15.3. The molecule has 0 atom stereocenters. The summed E-state index contributed by atoms with van der Waals surface area (Å²) in [7, 11) is 0. The first-order valence-electron chi connectivity index (χ1n) is 9.17. The summed E-state index contributed by atoms with van der Waals surface area (Å²) in [6.07, 6.45) is 9.67. The lowest BCUT2D eigenvalue weighted by atomic mass is 10.1. The van der Waals surface area contributed by atoms with E-state index in [2.05, 4.69) is 86.1 Å². The second kappa shape index (κ2) is 11.0. The van der Waals surface area contributed by atoms with Gasteiger partial charge in [-0.05, 0) is 66.8 Å². The molecule has 25 heavy (non-hydrogen) atoms. The molecular weight excluding hydrogens is 300 g/mol. The predicted molar refractivity (Wildman–Crippen MR) is 108 cm³/mol. The molecule has 0 saturated heterocycles. The molecule has 0 aliphatic rings. The van der Waals surface area contributed by atoms with Crippen molar-refractivity contribution in [3.05, 3.63) is 82.9 Å². The van der Waals surface area contributed by atoms with Crippen LogP contribution >= 0.6 is 0 Å². The van der Waals surface area contributed by atoms with Gasteiger partial charge >= 0.3 is 0 Å². The maximum Gasteiger partial charge on any atom is 0.0249 e. The van der Waals surface area contributed by atoms with E-state index in [1.807, 2.05) is 6.08 Å². The Kier molecular flexibility index (Phi) is 8.17. The summed E-state index contributed by atoms with van der Waals surface area (Å²) in [5, 5.41) is 0. The van der Waals surface area contributed by atoms with Gasteiger partial charge in [0.25, 0.3) is 0 Å². The van der Waals surface area contributed by atoms with Crippen molar-refractivity contribution in [2.45, 2.75) is 46.0 Å². The van der Waals surface area contributed by atoms with E-state index in [4.69, 9.17) is 0 Å². The third kappa shape index (κ3) is 7.15. The molecule has 0 unspecified atom stereocenters. The van der Waals surface area contributed by atoms with Crippen molar-refractivity contribution in [3.63, 3.8) is 0 Å². The van der Waals surface area contributed by atoms with E-state index in [0.717, 1.165) is 24.0 Å². The average Bonchev–Trinajstić information content (AvgIpc) is 2.66. The van der Waals surface area contributed by atoms with E-state index >= 15 is 0 Å². The van der Waals surface area contributed by atoms with Crippen LogP contribution in [0.2, 0.25) is 0 Å². The van der Waals surface area contributed by atoms with Crippen LogP contribution in [0.3, 0.4) is 0 Å². The topological polar surface area (TPSA) is 0 Å². The number of rotatable bonds is 5. The van der Waals surface area contributed by atoms with E-state index in [0.29, 0.717) is 0 Å². The molecule has 0 amide bonds. The molecule has 0 aliphatic heterocycles. The van der Waals surface area contributed by atoms with Crippen molar-refractivity contribution in [1.29, 1.82) is 0 Å². The molecule has 0 heterocycles. The molecule has 0 radical (unpaired) electrons. The molecule has 0 aliphatic carbocycles. The summed E-state index contributed by atoms with van der Waals surface area (Å²) in [5.41, 5.74) is 4.82. The van der Waals surface area contributed by atoms with Crippen molar-refractivity contribution in [2.24, 2.45) is 0 Å². The Labute approximate surface area is 153 Å². The van der Waals surface area contributed by atoms with Crippen LogP contribution in [0.5, 0.6) is 0 Å². The van der Waals surface area contributed by atoms with Crippen LogP contribution in [0, 0.1) is 23.7 Å². The summed E-state index contributed by atoms with van der Waals surface area (Å²) in [5.74, 6) is 12.3. The highest BCUT2D eigenvalue weighted by Crippen LogP contribution is 2.08. The fourth-order valence-corrected chi connectivity index (χ4v) is 2.49. The second-order valence-electron chi connectivity index (χ2n) is 6.08. The highest BCUT2D eigenvalue weighted by molar-refractivity contribution is 5.41. The van der Waals surface area contributed by atoms with Gasteiger partial charge in [0.1, 0.15) is 0 Å². The van der Waals surface area contributed by atoms with Crippen molar-refractivity contribution in [2.75, 3.05) is 0 Å². The molecule has 126 valence electrons. The van der Waals surface area contributed by atoms with Gasteiger partial charge in [-0.1, -0.05) is 74.6 Å². The van der Waals surface area contributed by atoms with Crippen molar-refractivity contribution in [3.8, 4) is 23.7 Å². The SMILES string of the molecule is CCCCCc1ccc(C#C/C=C/C#Cc2ccc(CC)cc2)cc1. The minimum Gasteiger partial charge on any atom is -0.0689 e. The maximum atomic E-state index is 3.15. The lowest BCUT2D eigenvalue weighted by Crippen LogP contribution is -1.85. The van der Waals surface area contributed by atoms with Crippen LogP contribution in [0.15, 0.2) is 60.7 Å². The first-order valence-corrected chi connectivity index (χ1v) is 9.17. The molecule has 0 aromatic heterocycles. The average molecular weight is 326 g/mol. The Morgan fingerprint density at radius 2 is 1.20 bits per heavy atom. The van der Waals surface area contributed by atoms with Crippen molar-refractivity contribution in [1.82, 2.24) is 0 Å². The van der Waals surface area contributed by atoms with Gasteiger partial charge in [-0.25, -0.2) is 0 Å². The van der Waals surface area contributed by atoms with Gasteiger partial charge < -0.3 is 0 Å². The van der Waals surface area contributed by atoms with Gasteiger partial charge in [-0.3, -0.25) is 0 Å². The first-order chi connectivity index (χ1) is 12.3. The van der Waals surface area contributed by atoms with Crippen molar-refractivity contribution >= 4 is 0 Å². The van der Waals surface area contributed by atoms with Crippen LogP contribution in [-0.4, -0.2) is 0 Å². The molecule has 0 saturated carbocycles. The van der Waals surface area contributed by atoms with Gasteiger partial charge in [0.2, 0.25) is 0 Å². The molecule has 2 aromatic carbocycles. The predicted octanol–water partition coefficient (Wildman–Crippen LogP) is 5.94. The largest absolute Gasteiger partial charge is 0.0689 e. The molecule has 0 nitrogen and oxygen atoms in total. The molecule has 0 heteroatoms. The van der Waals surface area contributed by atoms with Crippen LogP contribution in [0.25, 0.3) is 0 Å². The van der Waals surface area contributed by atoms with Crippen LogP contribution < -0.4 is 0 Å². The zero-order chi connectivity index (χ0) is 17.7. The standard InChI is InChI=1S/C25H26/c1-3-5-8-11-23-18-20-25(21-19-23)13-10-7-6-9-12-24-16-14-22(4-2)15-17-24/h6-7,14-21H,3-5,8,11H2,1-2H3/b7-6+. The molecule has 0 fully saturated rings. The minimum atomic E-state index is 1.04. The summed E-state index contributed by atoms with van der Waals surface area (Å²) in [6.45, 7) is 4.39. The number of unbranched alkanes of at least 4 members (excludes halogenated alkanes) is 2. The molecule has 0 bridgehead atoms. The van der Waals surface area contributed by atoms with E-state index in [1.165, 1.54) is 30.4 Å². The molecule has 0 spiro atoms. The maximum absolute atomic E-state index is 3.15. The quantitative estimate of drug-likeness (QED) is 0.471. The van der Waals surface area contributed by atoms with E-state index in [1.54, 1.807) is 6.08 Å². The highest BCUT2D eigenvalue weighted by atomic mass is 14.0. The summed E-state index contributed by atoms with van der Waals surface area (Å²) >= 11 is 0. The normalized spacial score (nSPS) is 10.0. The molecule has 2 aromatic rings. The lowest BCUT2D eigenvalue weighted by Gasteiger charge is -2.00. The fourth-order valence-electron chi connectivity index (χ4n) is 2.49. The van der Waals surface area contributed by atoms with Gasteiger partial charge in [0, 0.05) is 11.1 Å². The second-order valence-corrected chi connectivity index (χ2v) is 6.08. The first kappa shape index (κ1) is 18.6. The number of hydrogen-bond donors (Lipinski definition) is 0. The Hall–Kier alpha value is -2.70. The number of hydrogen-bond acceptors (Lipinski definition) is 0. The Bertz CT molecular complexity index is 782. The minimum absolute atomic E-state index is 1.04. The number of allylic oxidation sites excluding steroid dienone is 2. The Morgan fingerprint density at radius 3 is 1.68 bits per heavy atom. The van der Waals surface area contributed by atoms with E-state index in [9.17, 15) is 0 Å². The number of aryl methyl sites for hydroxylation is 2. The smallest absolute Gasteiger partial charge is 0.0249 e. The summed E-state index contributed by atoms with van der Waals surface area (Å²) in [4.78, 5) is 0. The van der Waals surface area contributed by atoms with Gasteiger partial charge in [-0.15, -0.1) is 0 Å². The zero-order valence-electron chi connectivity index (χ0n) is 15.3. The lowest BCUT2D eigenvalue weighted by molar-refractivity contribution is 0.717. The molecule has 0 N–H and O–H groups in total. The molecular formula is C25H26. The third-order valence-electron chi connectivity index (χ3n) is 4.07. The third-order valence-corrected chi connectivity index (χ3v) is 4.07. The van der Waals surface area contributed by atoms with Crippen LogP contribution in [0.1, 0.15) is 55.4 Å². The van der Waals surface area contributed by atoms with Gasteiger partial charge in [0.15, 0.2) is 0 Å². The Balaban J connectivity index is 1.85. The molecule has 2 rings (SSSR count). The van der Waals surface area contributed by atoms with Crippen LogP contribution in [0.4, 0.5) is 0 Å². The van der Waals surface area contributed by atoms with E-state index < -0.39 is 0 Å². The summed E-state index contributed by atoms with van der Waals surface area (Å²) < 4.78 is 0. The monoisotopic (exact) mass is 326 g/mol. The van der Waals surface area contributed by atoms with Gasteiger partial charge in [0.05, 0.1) is 0 Å². The fraction of sp³-hybridized carbons (Fsp3) is 0.280. The summed E-state index contributed by atoms with van der Waals surface area (Å²) in [6, 6.07) is 16.9. The van der Waals surface area contributed by atoms with E-state index in [-0.39, 0.29) is 0 Å². The van der Waals surface area contributed by atoms with Crippen LogP contribution in [-0.2, 0) is 12.8 Å². The van der Waals surface area contributed by atoms with Gasteiger partial charge in [-0.2, -0.15) is 0 Å². The van der Waals surface area contributed by atoms with Crippen molar-refractivity contribution < 1.29 is 0 Å². The number of benzene rings is 2. The Morgan fingerprint density at radius 1 is 0.680 bits per heavy atom. The highest BCUT2D eigenvalue weighted by Gasteiger charge is 1.93.